The lowest BCUT2D eigenvalue weighted by atomic mass is 9.82. The summed E-state index contributed by atoms with van der Waals surface area (Å²) < 4.78 is 16.2. The number of ether oxygens (including phenoxy) is 3. The van der Waals surface area contributed by atoms with Crippen molar-refractivity contribution in [3.05, 3.63) is 52.1 Å². The van der Waals surface area contributed by atoms with Crippen LogP contribution in [-0.2, 0) is 6.42 Å². The van der Waals surface area contributed by atoms with Crippen molar-refractivity contribution in [1.29, 1.82) is 0 Å². The molecule has 0 heterocycles. The van der Waals surface area contributed by atoms with E-state index >= 15 is 0 Å². The molecule has 1 aliphatic rings. The third kappa shape index (κ3) is 2.03. The lowest BCUT2D eigenvalue weighted by Crippen LogP contribution is -2.18. The minimum atomic E-state index is -0.0798. The number of benzene rings is 2. The molecule has 1 aliphatic carbocycles. The fourth-order valence-electron chi connectivity index (χ4n) is 3.09. The first kappa shape index (κ1) is 14.4. The van der Waals surface area contributed by atoms with Crippen molar-refractivity contribution in [2.45, 2.75) is 13.3 Å². The van der Waals surface area contributed by atoms with Crippen LogP contribution in [0.2, 0.25) is 0 Å². The molecule has 4 nitrogen and oxygen atoms in total. The molecule has 0 bridgehead atoms. The molecule has 0 aromatic heterocycles. The second-order valence-corrected chi connectivity index (χ2v) is 5.33. The molecule has 0 saturated carbocycles. The topological polar surface area (TPSA) is 44.8 Å². The number of fused-ring (bicyclic) bond motifs is 2. The molecule has 0 spiro atoms. The molecule has 0 saturated heterocycles. The molecule has 114 valence electrons. The molecule has 3 rings (SSSR count). The van der Waals surface area contributed by atoms with Crippen LogP contribution in [0, 0.1) is 6.92 Å². The van der Waals surface area contributed by atoms with Crippen molar-refractivity contribution in [3.8, 4) is 17.2 Å². The van der Waals surface area contributed by atoms with E-state index in [0.29, 0.717) is 34.8 Å². The van der Waals surface area contributed by atoms with Crippen LogP contribution in [0.4, 0.5) is 0 Å². The van der Waals surface area contributed by atoms with Gasteiger partial charge in [-0.25, -0.2) is 0 Å². The lowest BCUT2D eigenvalue weighted by Gasteiger charge is -2.24. The van der Waals surface area contributed by atoms with Crippen LogP contribution < -0.4 is 14.2 Å². The molecular formula is C18H18O4. The number of ketones is 1. The maximum atomic E-state index is 13.0. The van der Waals surface area contributed by atoms with Gasteiger partial charge in [0.1, 0.15) is 17.2 Å². The van der Waals surface area contributed by atoms with Gasteiger partial charge in [0.25, 0.3) is 0 Å². The largest absolute Gasteiger partial charge is 0.496 e. The number of hydrogen-bond donors (Lipinski definition) is 0. The number of carbonyl (C=O) groups excluding carboxylic acids is 1. The summed E-state index contributed by atoms with van der Waals surface area (Å²) in [5.74, 6) is 1.80. The average Bonchev–Trinajstić information content (AvgIpc) is 2.52. The third-order valence-electron chi connectivity index (χ3n) is 4.04. The zero-order chi connectivity index (χ0) is 15.9. The Morgan fingerprint density at radius 2 is 1.50 bits per heavy atom. The predicted octanol–water partition coefficient (Wildman–Crippen LogP) is 3.16. The van der Waals surface area contributed by atoms with E-state index in [-0.39, 0.29) is 5.78 Å². The Balaban J connectivity index is 2.29. The highest BCUT2D eigenvalue weighted by Crippen LogP contribution is 2.41. The fourth-order valence-corrected chi connectivity index (χ4v) is 3.09. The van der Waals surface area contributed by atoms with Crippen molar-refractivity contribution in [1.82, 2.24) is 0 Å². The normalized spacial score (nSPS) is 12.5. The van der Waals surface area contributed by atoms with Gasteiger partial charge >= 0.3 is 0 Å². The van der Waals surface area contributed by atoms with Crippen LogP contribution in [-0.4, -0.2) is 27.1 Å². The zero-order valence-corrected chi connectivity index (χ0v) is 13.1. The number of hydrogen-bond acceptors (Lipinski definition) is 4. The van der Waals surface area contributed by atoms with Gasteiger partial charge in [0.15, 0.2) is 0 Å². The summed E-state index contributed by atoms with van der Waals surface area (Å²) in [5, 5.41) is 0. The van der Waals surface area contributed by atoms with Gasteiger partial charge in [0, 0.05) is 12.0 Å². The van der Waals surface area contributed by atoms with Crippen LogP contribution in [0.3, 0.4) is 0 Å². The van der Waals surface area contributed by atoms with Crippen molar-refractivity contribution in [2.75, 3.05) is 21.3 Å². The van der Waals surface area contributed by atoms with Crippen molar-refractivity contribution < 1.29 is 19.0 Å². The van der Waals surface area contributed by atoms with Crippen LogP contribution in [0.5, 0.6) is 17.2 Å². The highest BCUT2D eigenvalue weighted by atomic mass is 16.5. The standard InChI is InChI=1S/C18H18O4/c1-10-7-11-9-12-13(20-2)5-6-14(21-3)17(12)18(19)16(11)15(8-10)22-4/h5-8H,9H2,1-4H3. The van der Waals surface area contributed by atoms with Crippen LogP contribution >= 0.6 is 0 Å². The summed E-state index contributed by atoms with van der Waals surface area (Å²) in [6, 6.07) is 7.51. The summed E-state index contributed by atoms with van der Waals surface area (Å²) in [4.78, 5) is 13.0. The Hall–Kier alpha value is -2.49. The molecule has 0 amide bonds. The number of rotatable bonds is 3. The fraction of sp³-hybridized carbons (Fsp3) is 0.278. The van der Waals surface area contributed by atoms with Crippen molar-refractivity contribution in [2.24, 2.45) is 0 Å². The Labute approximate surface area is 129 Å². The summed E-state index contributed by atoms with van der Waals surface area (Å²) in [6.45, 7) is 1.99. The molecule has 0 unspecified atom stereocenters. The maximum Gasteiger partial charge on any atom is 0.201 e. The van der Waals surface area contributed by atoms with Crippen molar-refractivity contribution >= 4 is 5.78 Å². The van der Waals surface area contributed by atoms with Crippen LogP contribution in [0.15, 0.2) is 24.3 Å². The van der Waals surface area contributed by atoms with Gasteiger partial charge in [0.2, 0.25) is 5.78 Å². The summed E-state index contributed by atoms with van der Waals surface area (Å²) in [6.07, 6.45) is 0.620. The van der Waals surface area contributed by atoms with E-state index in [1.807, 2.05) is 25.1 Å². The minimum Gasteiger partial charge on any atom is -0.496 e. The van der Waals surface area contributed by atoms with Gasteiger partial charge in [-0.05, 0) is 36.2 Å². The Morgan fingerprint density at radius 1 is 0.864 bits per heavy atom. The molecule has 0 atom stereocenters. The van der Waals surface area contributed by atoms with Gasteiger partial charge in [-0.1, -0.05) is 6.07 Å². The molecule has 22 heavy (non-hydrogen) atoms. The smallest absolute Gasteiger partial charge is 0.201 e. The highest BCUT2D eigenvalue weighted by Gasteiger charge is 2.31. The van der Waals surface area contributed by atoms with Gasteiger partial charge < -0.3 is 14.2 Å². The average molecular weight is 298 g/mol. The quantitative estimate of drug-likeness (QED) is 0.745. The molecule has 4 heteroatoms. The van der Waals surface area contributed by atoms with Crippen LogP contribution in [0.25, 0.3) is 0 Å². The summed E-state index contributed by atoms with van der Waals surface area (Å²) in [5.41, 5.74) is 4.07. The Kier molecular flexibility index (Phi) is 3.53. The van der Waals surface area contributed by atoms with E-state index in [9.17, 15) is 4.79 Å². The molecule has 2 aromatic rings. The lowest BCUT2D eigenvalue weighted by molar-refractivity contribution is 0.102. The summed E-state index contributed by atoms with van der Waals surface area (Å²) in [7, 11) is 4.76. The van der Waals surface area contributed by atoms with Crippen molar-refractivity contribution in [3.63, 3.8) is 0 Å². The van der Waals surface area contributed by atoms with Crippen LogP contribution in [0.1, 0.15) is 32.6 Å². The second-order valence-electron chi connectivity index (χ2n) is 5.33. The van der Waals surface area contributed by atoms with Gasteiger partial charge in [-0.3, -0.25) is 4.79 Å². The first-order chi connectivity index (χ1) is 10.6. The van der Waals surface area contributed by atoms with E-state index in [2.05, 4.69) is 0 Å². The molecule has 2 aromatic carbocycles. The first-order valence-electron chi connectivity index (χ1n) is 7.06. The maximum absolute atomic E-state index is 13.0. The number of carbonyl (C=O) groups is 1. The molecular weight excluding hydrogens is 280 g/mol. The summed E-state index contributed by atoms with van der Waals surface area (Å²) >= 11 is 0. The van der Waals surface area contributed by atoms with E-state index < -0.39 is 0 Å². The van der Waals surface area contributed by atoms with E-state index in [0.717, 1.165) is 16.7 Å². The monoisotopic (exact) mass is 298 g/mol. The number of methoxy groups -OCH3 is 3. The van der Waals surface area contributed by atoms with E-state index in [4.69, 9.17) is 14.2 Å². The van der Waals surface area contributed by atoms with Gasteiger partial charge in [0.05, 0.1) is 32.5 Å². The Morgan fingerprint density at radius 3 is 2.14 bits per heavy atom. The zero-order valence-electron chi connectivity index (χ0n) is 13.1. The Bertz CT molecular complexity index is 762. The predicted molar refractivity (Wildman–Crippen MR) is 83.5 cm³/mol. The molecule has 0 N–H and O–H groups in total. The third-order valence-corrected chi connectivity index (χ3v) is 4.04. The van der Waals surface area contributed by atoms with E-state index in [1.165, 1.54) is 0 Å². The molecule has 0 fully saturated rings. The number of aryl methyl sites for hydroxylation is 1. The molecule has 0 aliphatic heterocycles. The molecule has 0 radical (unpaired) electrons. The van der Waals surface area contributed by atoms with Gasteiger partial charge in [-0.15, -0.1) is 0 Å². The first-order valence-corrected chi connectivity index (χ1v) is 7.06. The van der Waals surface area contributed by atoms with Gasteiger partial charge in [-0.2, -0.15) is 0 Å². The highest BCUT2D eigenvalue weighted by molar-refractivity contribution is 6.16. The minimum absolute atomic E-state index is 0.0798. The SMILES string of the molecule is COc1ccc(OC)c2c1Cc1cc(C)cc(OC)c1C2=O. The van der Waals surface area contributed by atoms with E-state index in [1.54, 1.807) is 27.4 Å². The second kappa shape index (κ2) is 5.37.